The number of hydrogen-bond acceptors (Lipinski definition) is 5. The van der Waals surface area contributed by atoms with Crippen molar-refractivity contribution in [2.45, 2.75) is 44.6 Å². The van der Waals surface area contributed by atoms with Crippen LogP contribution >= 0.6 is 0 Å². The molecule has 1 aromatic rings. The van der Waals surface area contributed by atoms with Crippen LogP contribution in [0, 0.1) is 5.92 Å². The van der Waals surface area contributed by atoms with Crippen LogP contribution < -0.4 is 0 Å². The Morgan fingerprint density at radius 2 is 1.96 bits per heavy atom. The minimum absolute atomic E-state index is 0.156. The van der Waals surface area contributed by atoms with E-state index in [-0.39, 0.29) is 11.9 Å². The number of methoxy groups -OCH3 is 1. The minimum atomic E-state index is -0.948. The Kier molecular flexibility index (Phi) is 4.20. The van der Waals surface area contributed by atoms with Crippen molar-refractivity contribution in [2.24, 2.45) is 10.9 Å². The second kappa shape index (κ2) is 6.14. The summed E-state index contributed by atoms with van der Waals surface area (Å²) in [6, 6.07) is 6.97. The number of rotatable bonds is 4. The Morgan fingerprint density at radius 3 is 2.48 bits per heavy atom. The smallest absolute Gasteiger partial charge is 0.345 e. The van der Waals surface area contributed by atoms with Crippen molar-refractivity contribution >= 4 is 17.8 Å². The van der Waals surface area contributed by atoms with Crippen LogP contribution in [-0.2, 0) is 19.8 Å². The zero-order valence-electron chi connectivity index (χ0n) is 13.5. The van der Waals surface area contributed by atoms with Gasteiger partial charge >= 0.3 is 11.9 Å². The normalized spacial score (nSPS) is 24.4. The number of carbonyl (C=O) groups excluding carboxylic acids is 2. The zero-order chi connectivity index (χ0) is 16.4. The van der Waals surface area contributed by atoms with Gasteiger partial charge in [-0.25, -0.2) is 14.6 Å². The third-order valence-electron chi connectivity index (χ3n) is 4.82. The van der Waals surface area contributed by atoms with Crippen molar-refractivity contribution in [1.82, 2.24) is 0 Å². The Labute approximate surface area is 135 Å². The zero-order valence-corrected chi connectivity index (χ0v) is 13.5. The van der Waals surface area contributed by atoms with E-state index in [1.54, 1.807) is 24.3 Å². The lowest BCUT2D eigenvalue weighted by Gasteiger charge is -2.29. The van der Waals surface area contributed by atoms with Gasteiger partial charge < -0.3 is 9.47 Å². The fraction of sp³-hybridized carbons (Fsp3) is 0.500. The van der Waals surface area contributed by atoms with E-state index in [2.05, 4.69) is 0 Å². The Balaban J connectivity index is 2.04. The van der Waals surface area contributed by atoms with E-state index in [1.807, 2.05) is 6.92 Å². The standard InChI is InChI=1S/C18H21NO4/c1-3-15-19-18(17(21)23-15,13-6-4-5-7-13)14-10-8-12(9-11-14)16(20)22-2/h8-11,13H,3-7H2,1-2H3/t18-/m1/s1. The summed E-state index contributed by atoms with van der Waals surface area (Å²) in [4.78, 5) is 29.0. The maximum atomic E-state index is 12.7. The molecule has 0 spiro atoms. The molecule has 1 saturated carbocycles. The molecule has 1 heterocycles. The van der Waals surface area contributed by atoms with E-state index in [9.17, 15) is 9.59 Å². The molecule has 23 heavy (non-hydrogen) atoms. The number of ether oxygens (including phenoxy) is 2. The van der Waals surface area contributed by atoms with E-state index >= 15 is 0 Å². The number of benzene rings is 1. The lowest BCUT2D eigenvalue weighted by Crippen LogP contribution is -2.38. The largest absolute Gasteiger partial charge is 0.465 e. The van der Waals surface area contributed by atoms with Gasteiger partial charge in [-0.3, -0.25) is 0 Å². The highest BCUT2D eigenvalue weighted by atomic mass is 16.6. The van der Waals surface area contributed by atoms with Crippen LogP contribution in [0.5, 0.6) is 0 Å². The van der Waals surface area contributed by atoms with Gasteiger partial charge in [-0.1, -0.05) is 31.9 Å². The lowest BCUT2D eigenvalue weighted by molar-refractivity contribution is -0.141. The van der Waals surface area contributed by atoms with Crippen LogP contribution in [0.4, 0.5) is 0 Å². The Bertz CT molecular complexity index is 643. The first-order valence-electron chi connectivity index (χ1n) is 8.11. The second-order valence-corrected chi connectivity index (χ2v) is 6.07. The van der Waals surface area contributed by atoms with Crippen molar-refractivity contribution in [2.75, 3.05) is 7.11 Å². The fourth-order valence-electron chi connectivity index (χ4n) is 3.60. The number of cyclic esters (lactones) is 1. The molecule has 1 aliphatic heterocycles. The molecule has 1 aliphatic carbocycles. The average Bonchev–Trinajstić information content (AvgIpc) is 3.22. The van der Waals surface area contributed by atoms with E-state index in [1.165, 1.54) is 7.11 Å². The molecule has 2 aliphatic rings. The van der Waals surface area contributed by atoms with Gasteiger partial charge in [0.15, 0.2) is 11.4 Å². The van der Waals surface area contributed by atoms with Crippen LogP contribution in [0.3, 0.4) is 0 Å². The monoisotopic (exact) mass is 315 g/mol. The summed E-state index contributed by atoms with van der Waals surface area (Å²) in [6.45, 7) is 1.93. The number of aliphatic imine (C=N–C) groups is 1. The lowest BCUT2D eigenvalue weighted by atomic mass is 9.77. The van der Waals surface area contributed by atoms with Crippen molar-refractivity contribution < 1.29 is 19.1 Å². The van der Waals surface area contributed by atoms with Gasteiger partial charge in [-0.05, 0) is 36.5 Å². The van der Waals surface area contributed by atoms with Crippen molar-refractivity contribution in [3.05, 3.63) is 35.4 Å². The summed E-state index contributed by atoms with van der Waals surface area (Å²) >= 11 is 0. The molecule has 1 aromatic carbocycles. The molecule has 0 aromatic heterocycles. The second-order valence-electron chi connectivity index (χ2n) is 6.07. The van der Waals surface area contributed by atoms with Crippen molar-refractivity contribution in [3.8, 4) is 0 Å². The van der Waals surface area contributed by atoms with Gasteiger partial charge in [0.25, 0.3) is 0 Å². The third kappa shape index (κ3) is 2.54. The minimum Gasteiger partial charge on any atom is -0.465 e. The van der Waals surface area contributed by atoms with Crippen LogP contribution in [0.1, 0.15) is 54.9 Å². The van der Waals surface area contributed by atoms with Crippen LogP contribution in [-0.4, -0.2) is 24.9 Å². The molecule has 5 heteroatoms. The Hall–Kier alpha value is -2.17. The molecular formula is C18H21NO4. The van der Waals surface area contributed by atoms with Crippen LogP contribution in [0.25, 0.3) is 0 Å². The number of hydrogen-bond donors (Lipinski definition) is 0. The van der Waals surface area contributed by atoms with E-state index in [0.717, 1.165) is 31.2 Å². The molecule has 0 N–H and O–H groups in total. The van der Waals surface area contributed by atoms with Crippen LogP contribution in [0.2, 0.25) is 0 Å². The first kappa shape index (κ1) is 15.7. The van der Waals surface area contributed by atoms with Crippen molar-refractivity contribution in [1.29, 1.82) is 0 Å². The predicted molar refractivity (Wildman–Crippen MR) is 85.2 cm³/mol. The molecule has 122 valence electrons. The topological polar surface area (TPSA) is 65.0 Å². The van der Waals surface area contributed by atoms with Gasteiger partial charge in [0.2, 0.25) is 0 Å². The molecule has 3 rings (SSSR count). The number of nitrogens with zero attached hydrogens (tertiary/aromatic N) is 1. The summed E-state index contributed by atoms with van der Waals surface area (Å²) in [5.41, 5.74) is 0.311. The van der Waals surface area contributed by atoms with Crippen molar-refractivity contribution in [3.63, 3.8) is 0 Å². The quantitative estimate of drug-likeness (QED) is 0.800. The van der Waals surface area contributed by atoms with Gasteiger partial charge in [0.1, 0.15) is 0 Å². The molecule has 0 bridgehead atoms. The first-order chi connectivity index (χ1) is 11.1. The maximum Gasteiger partial charge on any atom is 0.345 e. The molecule has 0 unspecified atom stereocenters. The number of carbonyl (C=O) groups is 2. The van der Waals surface area contributed by atoms with E-state index in [0.29, 0.717) is 17.9 Å². The first-order valence-corrected chi connectivity index (χ1v) is 8.11. The molecule has 5 nitrogen and oxygen atoms in total. The van der Waals surface area contributed by atoms with E-state index in [4.69, 9.17) is 14.5 Å². The van der Waals surface area contributed by atoms with Gasteiger partial charge in [0.05, 0.1) is 12.7 Å². The highest BCUT2D eigenvalue weighted by Gasteiger charge is 2.53. The highest BCUT2D eigenvalue weighted by molar-refractivity contribution is 6.01. The van der Waals surface area contributed by atoms with E-state index < -0.39 is 11.5 Å². The molecule has 1 atom stereocenters. The average molecular weight is 315 g/mol. The predicted octanol–water partition coefficient (Wildman–Crippen LogP) is 3.22. The summed E-state index contributed by atoms with van der Waals surface area (Å²) in [5, 5.41) is 0. The summed E-state index contributed by atoms with van der Waals surface area (Å²) in [5.74, 6) is -0.0211. The molecule has 1 fully saturated rings. The number of esters is 2. The summed E-state index contributed by atoms with van der Waals surface area (Å²) in [6.07, 6.45) is 4.75. The summed E-state index contributed by atoms with van der Waals surface area (Å²) < 4.78 is 10.1. The third-order valence-corrected chi connectivity index (χ3v) is 4.82. The summed E-state index contributed by atoms with van der Waals surface area (Å²) in [7, 11) is 1.35. The highest BCUT2D eigenvalue weighted by Crippen LogP contribution is 2.47. The van der Waals surface area contributed by atoms with Gasteiger partial charge in [-0.15, -0.1) is 0 Å². The SMILES string of the molecule is CCC1=N[C@@](c2ccc(C(=O)OC)cc2)(C2CCCC2)C(=O)O1. The van der Waals surface area contributed by atoms with Gasteiger partial charge in [-0.2, -0.15) is 0 Å². The molecule has 0 amide bonds. The fourth-order valence-corrected chi connectivity index (χ4v) is 3.60. The van der Waals surface area contributed by atoms with Gasteiger partial charge in [0, 0.05) is 6.42 Å². The van der Waals surface area contributed by atoms with Crippen LogP contribution in [0.15, 0.2) is 29.3 Å². The molecule has 0 saturated heterocycles. The maximum absolute atomic E-state index is 12.7. The Morgan fingerprint density at radius 1 is 1.30 bits per heavy atom. The molecule has 0 radical (unpaired) electrons. The molecular weight excluding hydrogens is 294 g/mol.